The topological polar surface area (TPSA) is 29.1 Å². The SMILES string of the molecule is O=CNCCSC(P)P. The Balaban J connectivity index is 2.82. The fraction of sp³-hybridized carbons (Fsp3) is 0.750. The molecule has 0 heterocycles. The van der Waals surface area contributed by atoms with Gasteiger partial charge in [0.25, 0.3) is 0 Å². The lowest BCUT2D eigenvalue weighted by atomic mass is 10.8. The molecule has 9 heavy (non-hydrogen) atoms. The molecular formula is C4H11NOP2S. The maximum Gasteiger partial charge on any atom is 0.207 e. The van der Waals surface area contributed by atoms with E-state index in [0.717, 1.165) is 18.7 Å². The highest BCUT2D eigenvalue weighted by Crippen LogP contribution is 2.22. The smallest absolute Gasteiger partial charge is 0.207 e. The number of amides is 1. The van der Waals surface area contributed by atoms with Crippen molar-refractivity contribution in [1.29, 1.82) is 0 Å². The minimum absolute atomic E-state index is 0.499. The molecule has 2 atom stereocenters. The van der Waals surface area contributed by atoms with E-state index >= 15 is 0 Å². The molecule has 0 aromatic rings. The van der Waals surface area contributed by atoms with Gasteiger partial charge in [0.15, 0.2) is 0 Å². The zero-order valence-corrected chi connectivity index (χ0v) is 8.17. The van der Waals surface area contributed by atoms with Crippen LogP contribution >= 0.6 is 30.2 Å². The molecule has 0 aromatic carbocycles. The van der Waals surface area contributed by atoms with Crippen LogP contribution in [0.15, 0.2) is 0 Å². The van der Waals surface area contributed by atoms with Crippen molar-refractivity contribution in [2.24, 2.45) is 0 Å². The monoisotopic (exact) mass is 183 g/mol. The standard InChI is InChI=1S/C4H11NOP2S/c6-3-5-1-2-9-4(7)8/h3-4H,1-2,7-8H2,(H,5,6). The molecule has 0 saturated carbocycles. The molecule has 0 bridgehead atoms. The van der Waals surface area contributed by atoms with E-state index in [4.69, 9.17) is 0 Å². The largest absolute Gasteiger partial charge is 0.358 e. The summed E-state index contributed by atoms with van der Waals surface area (Å²) in [7, 11) is 5.31. The lowest BCUT2D eigenvalue weighted by Gasteiger charge is -2.01. The minimum atomic E-state index is 0.499. The van der Waals surface area contributed by atoms with Gasteiger partial charge in [0.2, 0.25) is 6.41 Å². The number of hydrogen-bond donors (Lipinski definition) is 1. The summed E-state index contributed by atoms with van der Waals surface area (Å²) in [5.41, 5.74) is 0. The Morgan fingerprint density at radius 1 is 1.67 bits per heavy atom. The second kappa shape index (κ2) is 6.80. The van der Waals surface area contributed by atoms with E-state index in [1.54, 1.807) is 11.8 Å². The molecule has 1 N–H and O–H groups in total. The van der Waals surface area contributed by atoms with Gasteiger partial charge < -0.3 is 5.32 Å². The van der Waals surface area contributed by atoms with Crippen LogP contribution in [0.25, 0.3) is 0 Å². The highest BCUT2D eigenvalue weighted by atomic mass is 32.2. The van der Waals surface area contributed by atoms with Gasteiger partial charge in [0, 0.05) is 17.0 Å². The van der Waals surface area contributed by atoms with Gasteiger partial charge in [-0.2, -0.15) is 0 Å². The van der Waals surface area contributed by atoms with Crippen LogP contribution < -0.4 is 5.32 Å². The van der Waals surface area contributed by atoms with Crippen molar-refractivity contribution in [3.05, 3.63) is 0 Å². The third kappa shape index (κ3) is 8.68. The van der Waals surface area contributed by atoms with E-state index in [1.165, 1.54) is 0 Å². The molecule has 2 nitrogen and oxygen atoms in total. The zero-order chi connectivity index (χ0) is 7.11. The van der Waals surface area contributed by atoms with Crippen LogP contribution in [0.1, 0.15) is 0 Å². The Kier molecular flexibility index (Phi) is 7.31. The van der Waals surface area contributed by atoms with Gasteiger partial charge >= 0.3 is 0 Å². The van der Waals surface area contributed by atoms with Crippen molar-refractivity contribution in [2.45, 2.75) is 4.73 Å². The molecule has 0 aliphatic heterocycles. The normalized spacial score (nSPS) is 9.67. The molecular weight excluding hydrogens is 172 g/mol. The Bertz CT molecular complexity index is 81.0. The first-order chi connectivity index (χ1) is 4.27. The molecule has 0 aliphatic carbocycles. The van der Waals surface area contributed by atoms with E-state index in [2.05, 4.69) is 23.8 Å². The first-order valence-electron chi connectivity index (χ1n) is 2.57. The lowest BCUT2D eigenvalue weighted by Crippen LogP contribution is -2.14. The molecule has 2 unspecified atom stereocenters. The molecule has 0 rings (SSSR count). The average Bonchev–Trinajstić information content (AvgIpc) is 1.80. The zero-order valence-electron chi connectivity index (χ0n) is 5.04. The Labute approximate surface area is 64.3 Å². The van der Waals surface area contributed by atoms with Crippen molar-refractivity contribution < 1.29 is 4.79 Å². The summed E-state index contributed by atoms with van der Waals surface area (Å²) >= 11 is 1.78. The van der Waals surface area contributed by atoms with E-state index in [9.17, 15) is 4.79 Å². The van der Waals surface area contributed by atoms with Gasteiger partial charge in [-0.3, -0.25) is 4.79 Å². The van der Waals surface area contributed by atoms with Gasteiger partial charge in [-0.15, -0.1) is 30.2 Å². The number of carbonyl (C=O) groups is 1. The Morgan fingerprint density at radius 3 is 2.78 bits per heavy atom. The van der Waals surface area contributed by atoms with Crippen LogP contribution in [0.2, 0.25) is 0 Å². The summed E-state index contributed by atoms with van der Waals surface area (Å²) in [5, 5.41) is 2.58. The summed E-state index contributed by atoms with van der Waals surface area (Å²) in [6.45, 7) is 0.757. The number of rotatable bonds is 5. The van der Waals surface area contributed by atoms with E-state index in [-0.39, 0.29) is 0 Å². The van der Waals surface area contributed by atoms with E-state index in [1.807, 2.05) is 0 Å². The maximum atomic E-state index is 9.72. The average molecular weight is 183 g/mol. The first kappa shape index (κ1) is 9.68. The summed E-state index contributed by atoms with van der Waals surface area (Å²) in [4.78, 5) is 9.72. The molecule has 54 valence electrons. The highest BCUT2D eigenvalue weighted by Gasteiger charge is 1.91. The van der Waals surface area contributed by atoms with Crippen LogP contribution in [0.4, 0.5) is 0 Å². The van der Waals surface area contributed by atoms with E-state index < -0.39 is 0 Å². The third-order valence-electron chi connectivity index (χ3n) is 0.640. The van der Waals surface area contributed by atoms with Crippen molar-refractivity contribution in [1.82, 2.24) is 5.32 Å². The molecule has 1 amide bonds. The summed E-state index contributed by atoms with van der Waals surface area (Å²) in [6, 6.07) is 0. The maximum absolute atomic E-state index is 9.72. The van der Waals surface area contributed by atoms with Gasteiger partial charge in [-0.25, -0.2) is 0 Å². The third-order valence-corrected chi connectivity index (χ3v) is 2.62. The number of carbonyl (C=O) groups excluding carboxylic acids is 1. The van der Waals surface area contributed by atoms with Crippen LogP contribution in [0.5, 0.6) is 0 Å². The van der Waals surface area contributed by atoms with Crippen LogP contribution in [0.3, 0.4) is 0 Å². The summed E-state index contributed by atoms with van der Waals surface area (Å²) in [6.07, 6.45) is 0.723. The Morgan fingerprint density at radius 2 is 2.33 bits per heavy atom. The molecule has 0 aromatic heterocycles. The molecule has 0 saturated heterocycles. The minimum Gasteiger partial charge on any atom is -0.358 e. The predicted molar refractivity (Wildman–Crippen MR) is 49.7 cm³/mol. The molecule has 0 radical (unpaired) electrons. The van der Waals surface area contributed by atoms with Gasteiger partial charge in [-0.1, -0.05) is 0 Å². The van der Waals surface area contributed by atoms with Crippen molar-refractivity contribution in [3.8, 4) is 0 Å². The van der Waals surface area contributed by atoms with Crippen molar-refractivity contribution in [2.75, 3.05) is 12.3 Å². The van der Waals surface area contributed by atoms with Gasteiger partial charge in [0.05, 0.1) is 0 Å². The Hall–Kier alpha value is 0.680. The molecule has 0 spiro atoms. The molecule has 0 fully saturated rings. The highest BCUT2D eigenvalue weighted by molar-refractivity contribution is 8.07. The van der Waals surface area contributed by atoms with Crippen LogP contribution in [0, 0.1) is 0 Å². The first-order valence-corrected chi connectivity index (χ1v) is 4.95. The quantitative estimate of drug-likeness (QED) is 0.382. The van der Waals surface area contributed by atoms with E-state index in [0.29, 0.717) is 4.73 Å². The van der Waals surface area contributed by atoms with Crippen molar-refractivity contribution in [3.63, 3.8) is 0 Å². The fourth-order valence-electron chi connectivity index (χ4n) is 0.313. The fourth-order valence-corrected chi connectivity index (χ4v) is 1.64. The second-order valence-electron chi connectivity index (χ2n) is 1.41. The van der Waals surface area contributed by atoms with Gasteiger partial charge in [-0.05, 0) is 0 Å². The predicted octanol–water partition coefficient (Wildman–Crippen LogP) is 0.499. The molecule has 5 heteroatoms. The second-order valence-corrected chi connectivity index (χ2v) is 5.87. The summed E-state index contributed by atoms with van der Waals surface area (Å²) < 4.78 is 0.499. The lowest BCUT2D eigenvalue weighted by molar-refractivity contribution is -0.109. The van der Waals surface area contributed by atoms with Crippen LogP contribution in [-0.4, -0.2) is 23.4 Å². The van der Waals surface area contributed by atoms with Crippen LogP contribution in [-0.2, 0) is 4.79 Å². The number of nitrogens with one attached hydrogen (secondary N) is 1. The van der Waals surface area contributed by atoms with Crippen molar-refractivity contribution >= 4 is 36.7 Å². The summed E-state index contributed by atoms with van der Waals surface area (Å²) in [5.74, 6) is 0.969. The number of thioether (sulfide) groups is 1. The number of hydrogen-bond acceptors (Lipinski definition) is 2. The molecule has 0 aliphatic rings. The van der Waals surface area contributed by atoms with Gasteiger partial charge in [0.1, 0.15) is 0 Å².